The lowest BCUT2D eigenvalue weighted by Gasteiger charge is -2.27. The zero-order chi connectivity index (χ0) is 14.9. The summed E-state index contributed by atoms with van der Waals surface area (Å²) in [6, 6.07) is 3.26. The summed E-state index contributed by atoms with van der Waals surface area (Å²) in [4.78, 5) is 3.99. The number of ether oxygens (including phenoxy) is 2. The molecule has 0 spiro atoms. The highest BCUT2D eigenvalue weighted by molar-refractivity contribution is 5.39. The van der Waals surface area contributed by atoms with Gasteiger partial charge in [0.2, 0.25) is 5.88 Å². The highest BCUT2D eigenvalue weighted by Crippen LogP contribution is 2.42. The van der Waals surface area contributed by atoms with Crippen molar-refractivity contribution in [3.63, 3.8) is 0 Å². The number of nitrogens with zero attached hydrogens (tertiary/aromatic N) is 1. The first kappa shape index (κ1) is 15.0. The Morgan fingerprint density at radius 3 is 2.60 bits per heavy atom. The number of aromatic nitrogens is 1. The van der Waals surface area contributed by atoms with Crippen LogP contribution in [0.5, 0.6) is 5.88 Å². The van der Waals surface area contributed by atoms with Crippen molar-refractivity contribution in [3.8, 4) is 5.88 Å². The highest BCUT2D eigenvalue weighted by Gasteiger charge is 2.53. The van der Waals surface area contributed by atoms with Gasteiger partial charge in [0, 0.05) is 29.3 Å². The Morgan fingerprint density at radius 1 is 1.35 bits per heavy atom. The van der Waals surface area contributed by atoms with Gasteiger partial charge in [0.05, 0.1) is 18.3 Å². The van der Waals surface area contributed by atoms with E-state index in [1.165, 1.54) is 0 Å². The Bertz CT molecular complexity index is 466. The zero-order valence-corrected chi connectivity index (χ0v) is 12.0. The molecule has 0 bridgehead atoms. The van der Waals surface area contributed by atoms with Gasteiger partial charge in [-0.15, -0.1) is 0 Å². The van der Waals surface area contributed by atoms with E-state index in [0.29, 0.717) is 11.6 Å². The van der Waals surface area contributed by atoms with E-state index >= 15 is 0 Å². The lowest BCUT2D eigenvalue weighted by molar-refractivity contribution is -0.104. The summed E-state index contributed by atoms with van der Waals surface area (Å²) in [5.74, 6) is 0.197. The van der Waals surface area contributed by atoms with Gasteiger partial charge in [0.1, 0.15) is 0 Å². The minimum Gasteiger partial charge on any atom is -0.450 e. The van der Waals surface area contributed by atoms with E-state index in [-0.39, 0.29) is 12.7 Å². The van der Waals surface area contributed by atoms with Gasteiger partial charge < -0.3 is 25.4 Å². The minimum atomic E-state index is -0.745. The van der Waals surface area contributed by atoms with E-state index in [2.05, 4.69) is 4.98 Å². The molecule has 112 valence electrons. The van der Waals surface area contributed by atoms with Gasteiger partial charge in [-0.1, -0.05) is 20.8 Å². The third-order valence-electron chi connectivity index (χ3n) is 4.08. The van der Waals surface area contributed by atoms with Crippen LogP contribution in [0.3, 0.4) is 0 Å². The molecule has 1 saturated carbocycles. The molecule has 0 aliphatic heterocycles. The fraction of sp³-hybridized carbons (Fsp3) is 0.643. The molecule has 6 nitrogen and oxygen atoms in total. The molecule has 1 fully saturated rings. The van der Waals surface area contributed by atoms with Crippen LogP contribution < -0.4 is 10.5 Å². The van der Waals surface area contributed by atoms with E-state index < -0.39 is 23.7 Å². The van der Waals surface area contributed by atoms with Crippen LogP contribution in [0, 0.1) is 11.3 Å². The van der Waals surface area contributed by atoms with Crippen molar-refractivity contribution >= 4 is 5.69 Å². The first-order chi connectivity index (χ1) is 9.34. The number of hydrogen-bond donors (Lipinski definition) is 3. The van der Waals surface area contributed by atoms with Crippen LogP contribution in [0.1, 0.15) is 20.8 Å². The number of nitrogen functional groups attached to an aromatic ring is 1. The summed E-state index contributed by atoms with van der Waals surface area (Å²) in [5, 5.41) is 20.3. The van der Waals surface area contributed by atoms with Crippen LogP contribution in [0.15, 0.2) is 18.3 Å². The Labute approximate surface area is 118 Å². The molecule has 4 atom stereocenters. The normalized spacial score (nSPS) is 32.2. The lowest BCUT2D eigenvalue weighted by Crippen LogP contribution is -2.36. The molecule has 4 unspecified atom stereocenters. The third-order valence-corrected chi connectivity index (χ3v) is 4.08. The molecule has 20 heavy (non-hydrogen) atoms. The Balaban J connectivity index is 1.91. The first-order valence-corrected chi connectivity index (χ1v) is 6.66. The predicted octanol–water partition coefficient (Wildman–Crippen LogP) is 0.783. The monoisotopic (exact) mass is 282 g/mol. The first-order valence-electron chi connectivity index (χ1n) is 6.66. The predicted molar refractivity (Wildman–Crippen MR) is 74.0 cm³/mol. The molecule has 1 aromatic rings. The second-order valence-corrected chi connectivity index (χ2v) is 5.89. The molecule has 1 aliphatic carbocycles. The van der Waals surface area contributed by atoms with E-state index in [1.807, 2.05) is 20.8 Å². The quantitative estimate of drug-likeness (QED) is 0.706. The maximum absolute atomic E-state index is 10.2. The SMILES string of the molecule is CC1C(OCOc2cc(N)ccn2)C(O)C(C)(C)C1O. The molecule has 0 saturated heterocycles. The second kappa shape index (κ2) is 5.55. The number of rotatable bonds is 4. The summed E-state index contributed by atoms with van der Waals surface area (Å²) < 4.78 is 10.9. The minimum absolute atomic E-state index is 0.0503. The van der Waals surface area contributed by atoms with Gasteiger partial charge >= 0.3 is 0 Å². The summed E-state index contributed by atoms with van der Waals surface area (Å²) in [6.07, 6.45) is -0.288. The number of hydrogen-bond acceptors (Lipinski definition) is 6. The maximum atomic E-state index is 10.2. The maximum Gasteiger partial charge on any atom is 0.217 e. The summed E-state index contributed by atoms with van der Waals surface area (Å²) in [5.41, 5.74) is 5.58. The van der Waals surface area contributed by atoms with Gasteiger partial charge in [-0.2, -0.15) is 0 Å². The van der Waals surface area contributed by atoms with Crippen molar-refractivity contribution in [1.82, 2.24) is 4.98 Å². The molecule has 2 rings (SSSR count). The van der Waals surface area contributed by atoms with Gasteiger partial charge in [-0.25, -0.2) is 4.98 Å². The third kappa shape index (κ3) is 2.72. The largest absolute Gasteiger partial charge is 0.450 e. The van der Waals surface area contributed by atoms with Crippen molar-refractivity contribution in [2.45, 2.75) is 39.1 Å². The molecule has 6 heteroatoms. The van der Waals surface area contributed by atoms with Crippen LogP contribution in [-0.4, -0.2) is 40.3 Å². The topological polar surface area (TPSA) is 97.8 Å². The number of nitrogens with two attached hydrogens (primary N) is 1. The smallest absolute Gasteiger partial charge is 0.217 e. The number of anilines is 1. The standard InChI is InChI=1S/C14H22N2O4/c1-8-11(13(18)14(2,3)12(8)17)20-7-19-10-6-9(15)4-5-16-10/h4-6,8,11-13,17-18H,7H2,1-3H3,(H2,15,16). The van der Waals surface area contributed by atoms with Gasteiger partial charge in [0.25, 0.3) is 0 Å². The van der Waals surface area contributed by atoms with E-state index in [9.17, 15) is 10.2 Å². The molecule has 1 aromatic heterocycles. The molecule has 1 heterocycles. The van der Waals surface area contributed by atoms with Crippen molar-refractivity contribution < 1.29 is 19.7 Å². The van der Waals surface area contributed by atoms with Crippen LogP contribution in [0.25, 0.3) is 0 Å². The van der Waals surface area contributed by atoms with Gasteiger partial charge in [-0.05, 0) is 6.07 Å². The fourth-order valence-corrected chi connectivity index (χ4v) is 2.66. The van der Waals surface area contributed by atoms with Crippen molar-refractivity contribution in [1.29, 1.82) is 0 Å². The Morgan fingerprint density at radius 2 is 2.05 bits per heavy atom. The summed E-state index contributed by atoms with van der Waals surface area (Å²) in [6.45, 7) is 5.45. The van der Waals surface area contributed by atoms with Crippen LogP contribution in [0.2, 0.25) is 0 Å². The molecule has 0 radical (unpaired) electrons. The molecular formula is C14H22N2O4. The van der Waals surface area contributed by atoms with Crippen molar-refractivity contribution in [2.24, 2.45) is 11.3 Å². The average Bonchev–Trinajstić information content (AvgIpc) is 2.54. The summed E-state index contributed by atoms with van der Waals surface area (Å²) >= 11 is 0. The van der Waals surface area contributed by atoms with E-state index in [0.717, 1.165) is 0 Å². The van der Waals surface area contributed by atoms with Crippen LogP contribution in [-0.2, 0) is 4.74 Å². The van der Waals surface area contributed by atoms with Gasteiger partial charge in [0.15, 0.2) is 6.79 Å². The highest BCUT2D eigenvalue weighted by atomic mass is 16.7. The van der Waals surface area contributed by atoms with Crippen LogP contribution in [0.4, 0.5) is 5.69 Å². The average molecular weight is 282 g/mol. The Kier molecular flexibility index (Phi) is 4.17. The number of aliphatic hydroxyl groups is 2. The second-order valence-electron chi connectivity index (χ2n) is 5.89. The fourth-order valence-electron chi connectivity index (χ4n) is 2.66. The molecule has 1 aliphatic rings. The number of pyridine rings is 1. The molecule has 0 aromatic carbocycles. The van der Waals surface area contributed by atoms with E-state index in [1.54, 1.807) is 18.3 Å². The van der Waals surface area contributed by atoms with Gasteiger partial charge in [-0.3, -0.25) is 0 Å². The lowest BCUT2D eigenvalue weighted by atomic mass is 9.86. The van der Waals surface area contributed by atoms with Crippen molar-refractivity contribution in [3.05, 3.63) is 18.3 Å². The van der Waals surface area contributed by atoms with E-state index in [4.69, 9.17) is 15.2 Å². The summed E-state index contributed by atoms with van der Waals surface area (Å²) in [7, 11) is 0. The molecular weight excluding hydrogens is 260 g/mol. The zero-order valence-electron chi connectivity index (χ0n) is 12.0. The molecule has 4 N–H and O–H groups in total. The number of aliphatic hydroxyl groups excluding tert-OH is 2. The molecule has 0 amide bonds. The van der Waals surface area contributed by atoms with Crippen LogP contribution >= 0.6 is 0 Å². The Hall–Kier alpha value is -1.37. The van der Waals surface area contributed by atoms with Crippen molar-refractivity contribution in [2.75, 3.05) is 12.5 Å².